The number of hydrogen-bond acceptors (Lipinski definition) is 6. The van der Waals surface area contributed by atoms with E-state index in [1.54, 1.807) is 0 Å². The lowest BCUT2D eigenvalue weighted by molar-refractivity contribution is 0.0811. The normalized spacial score (nSPS) is 18.4. The Hall–Kier alpha value is -1.98. The molecule has 0 aliphatic heterocycles. The third-order valence-corrected chi connectivity index (χ3v) is 3.35. The number of aromatic nitrogens is 3. The molecule has 2 heterocycles. The molecule has 0 bridgehead atoms. The molecule has 2 aromatic rings. The fourth-order valence-corrected chi connectivity index (χ4v) is 2.20. The summed E-state index contributed by atoms with van der Waals surface area (Å²) in [5.41, 5.74) is 7.85. The summed E-state index contributed by atoms with van der Waals surface area (Å²) in [5, 5.41) is 7.34. The van der Waals surface area contributed by atoms with Gasteiger partial charge in [0.25, 0.3) is 0 Å². The Kier molecular flexibility index (Phi) is 1.81. The average Bonchev–Trinajstić information content (AvgIpc) is 2.72. The number of ketones is 1. The number of anilines is 1. The number of nitrogen functional groups attached to an aromatic ring is 1. The van der Waals surface area contributed by atoms with Crippen LogP contribution in [-0.2, 0) is 6.42 Å². The molecule has 0 amide bonds. The summed E-state index contributed by atoms with van der Waals surface area (Å²) in [6.45, 7) is 3.84. The lowest BCUT2D eigenvalue weighted by Crippen LogP contribution is -2.32. The standard InChI is InChI=1S/C11H12N4O2/c1-11(2)4-3-5-6(9(11)16)7(12)8-10(13-5)15-17-14-8/h3-4,12H2,1-2H3. The molecule has 6 heteroatoms. The number of fused-ring (bicyclic) bond motifs is 2. The van der Waals surface area contributed by atoms with Crippen LogP contribution in [0.3, 0.4) is 0 Å². The van der Waals surface area contributed by atoms with E-state index in [0.717, 1.165) is 12.8 Å². The fourth-order valence-electron chi connectivity index (χ4n) is 2.20. The lowest BCUT2D eigenvalue weighted by Gasteiger charge is -2.29. The number of nitrogens with zero attached hydrogens (tertiary/aromatic N) is 3. The van der Waals surface area contributed by atoms with Gasteiger partial charge in [-0.3, -0.25) is 4.79 Å². The van der Waals surface area contributed by atoms with Crippen LogP contribution in [0.4, 0.5) is 5.69 Å². The highest BCUT2D eigenvalue weighted by Crippen LogP contribution is 2.38. The second-order valence-corrected chi connectivity index (χ2v) is 5.00. The zero-order valence-corrected chi connectivity index (χ0v) is 9.65. The molecular weight excluding hydrogens is 220 g/mol. The van der Waals surface area contributed by atoms with E-state index in [2.05, 4.69) is 19.9 Å². The van der Waals surface area contributed by atoms with Gasteiger partial charge in [0.1, 0.15) is 0 Å². The van der Waals surface area contributed by atoms with E-state index in [1.165, 1.54) is 0 Å². The Bertz CT molecular complexity index is 630. The third-order valence-electron chi connectivity index (χ3n) is 3.35. The van der Waals surface area contributed by atoms with Crippen molar-refractivity contribution in [2.24, 2.45) is 5.41 Å². The third kappa shape index (κ3) is 1.26. The number of pyridine rings is 1. The van der Waals surface area contributed by atoms with Crippen LogP contribution < -0.4 is 5.73 Å². The maximum atomic E-state index is 12.3. The van der Waals surface area contributed by atoms with Crippen molar-refractivity contribution in [3.63, 3.8) is 0 Å². The minimum Gasteiger partial charge on any atom is -0.396 e. The predicted octanol–water partition coefficient (Wildman–Crippen LogP) is 1.36. The number of rotatable bonds is 0. The number of carbonyl (C=O) groups is 1. The molecule has 0 radical (unpaired) electrons. The van der Waals surface area contributed by atoms with Crippen LogP contribution in [-0.4, -0.2) is 21.1 Å². The molecule has 2 aromatic heterocycles. The highest BCUT2D eigenvalue weighted by atomic mass is 16.6. The first-order chi connectivity index (χ1) is 8.00. The van der Waals surface area contributed by atoms with E-state index in [0.29, 0.717) is 28.1 Å². The summed E-state index contributed by atoms with van der Waals surface area (Å²) in [4.78, 5) is 16.6. The van der Waals surface area contributed by atoms with Gasteiger partial charge in [-0.1, -0.05) is 13.8 Å². The Morgan fingerprint density at radius 1 is 1.35 bits per heavy atom. The molecule has 1 aliphatic rings. The molecule has 0 spiro atoms. The van der Waals surface area contributed by atoms with E-state index in [-0.39, 0.29) is 5.78 Å². The summed E-state index contributed by atoms with van der Waals surface area (Å²) in [7, 11) is 0. The van der Waals surface area contributed by atoms with Crippen LogP contribution in [0.5, 0.6) is 0 Å². The molecule has 0 atom stereocenters. The van der Waals surface area contributed by atoms with Gasteiger partial charge >= 0.3 is 0 Å². The summed E-state index contributed by atoms with van der Waals surface area (Å²) in [5.74, 6) is 0.0219. The van der Waals surface area contributed by atoms with E-state index in [9.17, 15) is 4.79 Å². The van der Waals surface area contributed by atoms with Gasteiger partial charge in [-0.05, 0) is 23.2 Å². The van der Waals surface area contributed by atoms with Gasteiger partial charge in [-0.2, -0.15) is 0 Å². The van der Waals surface area contributed by atoms with Crippen molar-refractivity contribution < 1.29 is 9.42 Å². The molecule has 3 rings (SSSR count). The Balaban J connectivity index is 2.34. The van der Waals surface area contributed by atoms with Crippen LogP contribution in [0.25, 0.3) is 11.2 Å². The highest BCUT2D eigenvalue weighted by molar-refractivity contribution is 6.10. The maximum absolute atomic E-state index is 12.3. The minimum atomic E-state index is -0.395. The lowest BCUT2D eigenvalue weighted by atomic mass is 9.74. The zero-order chi connectivity index (χ0) is 12.2. The van der Waals surface area contributed by atoms with Crippen LogP contribution >= 0.6 is 0 Å². The first-order valence-corrected chi connectivity index (χ1v) is 5.46. The van der Waals surface area contributed by atoms with E-state index >= 15 is 0 Å². The van der Waals surface area contributed by atoms with Crippen molar-refractivity contribution in [3.8, 4) is 0 Å². The van der Waals surface area contributed by atoms with Crippen LogP contribution in [0.15, 0.2) is 4.63 Å². The monoisotopic (exact) mass is 232 g/mol. The molecule has 88 valence electrons. The van der Waals surface area contributed by atoms with Crippen LogP contribution in [0.1, 0.15) is 36.3 Å². The Morgan fingerprint density at radius 3 is 2.88 bits per heavy atom. The fraction of sp³-hybridized carbons (Fsp3) is 0.455. The zero-order valence-electron chi connectivity index (χ0n) is 9.65. The second kappa shape index (κ2) is 3.03. The van der Waals surface area contributed by atoms with Crippen molar-refractivity contribution >= 4 is 22.6 Å². The summed E-state index contributed by atoms with van der Waals surface area (Å²) < 4.78 is 4.60. The summed E-state index contributed by atoms with van der Waals surface area (Å²) in [6.07, 6.45) is 1.49. The van der Waals surface area contributed by atoms with Crippen LogP contribution in [0, 0.1) is 5.41 Å². The Labute approximate surface area is 97.2 Å². The van der Waals surface area contributed by atoms with E-state index in [4.69, 9.17) is 5.73 Å². The maximum Gasteiger partial charge on any atom is 0.226 e. The topological polar surface area (TPSA) is 94.9 Å². The number of carbonyl (C=O) groups excluding carboxylic acids is 1. The molecule has 6 nitrogen and oxygen atoms in total. The number of Topliss-reactive ketones (excluding diaryl/α,β-unsaturated/α-hetero) is 1. The SMILES string of the molecule is CC1(C)CCc2nc3nonc3c(N)c2C1=O. The van der Waals surface area contributed by atoms with Gasteiger partial charge in [-0.15, -0.1) is 0 Å². The molecule has 17 heavy (non-hydrogen) atoms. The average molecular weight is 232 g/mol. The molecule has 0 unspecified atom stereocenters. The molecule has 0 fully saturated rings. The first-order valence-electron chi connectivity index (χ1n) is 5.46. The molecule has 0 saturated carbocycles. The van der Waals surface area contributed by atoms with Crippen LogP contribution in [0.2, 0.25) is 0 Å². The van der Waals surface area contributed by atoms with Gasteiger partial charge < -0.3 is 5.73 Å². The summed E-state index contributed by atoms with van der Waals surface area (Å²) >= 11 is 0. The molecule has 0 aromatic carbocycles. The largest absolute Gasteiger partial charge is 0.396 e. The number of hydrogen-bond donors (Lipinski definition) is 1. The van der Waals surface area contributed by atoms with Gasteiger partial charge in [0, 0.05) is 5.41 Å². The first kappa shape index (κ1) is 10.2. The van der Waals surface area contributed by atoms with Crippen molar-refractivity contribution in [1.82, 2.24) is 15.3 Å². The molecule has 1 aliphatic carbocycles. The molecular formula is C11H12N4O2. The van der Waals surface area contributed by atoms with E-state index in [1.807, 2.05) is 13.8 Å². The van der Waals surface area contributed by atoms with Gasteiger partial charge in [0.15, 0.2) is 11.3 Å². The van der Waals surface area contributed by atoms with Gasteiger partial charge in [0.2, 0.25) is 5.65 Å². The van der Waals surface area contributed by atoms with Crippen molar-refractivity contribution in [2.45, 2.75) is 26.7 Å². The molecule has 0 saturated heterocycles. The predicted molar refractivity (Wildman–Crippen MR) is 60.4 cm³/mol. The molecule has 2 N–H and O–H groups in total. The van der Waals surface area contributed by atoms with Gasteiger partial charge in [0.05, 0.1) is 16.9 Å². The van der Waals surface area contributed by atoms with E-state index < -0.39 is 5.41 Å². The summed E-state index contributed by atoms with van der Waals surface area (Å²) in [6, 6.07) is 0. The van der Waals surface area contributed by atoms with Gasteiger partial charge in [-0.25, -0.2) is 9.61 Å². The smallest absolute Gasteiger partial charge is 0.226 e. The number of aryl methyl sites for hydroxylation is 1. The quantitative estimate of drug-likeness (QED) is 0.736. The minimum absolute atomic E-state index is 0.0219. The number of nitrogens with two attached hydrogens (primary N) is 1. The second-order valence-electron chi connectivity index (χ2n) is 5.00. The van der Waals surface area contributed by atoms with Crippen molar-refractivity contribution in [2.75, 3.05) is 5.73 Å². The van der Waals surface area contributed by atoms with Crippen molar-refractivity contribution in [1.29, 1.82) is 0 Å². The van der Waals surface area contributed by atoms with Crippen molar-refractivity contribution in [3.05, 3.63) is 11.3 Å². The highest BCUT2D eigenvalue weighted by Gasteiger charge is 2.37. The Morgan fingerprint density at radius 2 is 2.12 bits per heavy atom.